The summed E-state index contributed by atoms with van der Waals surface area (Å²) >= 11 is 0. The highest BCUT2D eigenvalue weighted by atomic mass is 16.5. The molecular formula is C13H28N2O. The summed E-state index contributed by atoms with van der Waals surface area (Å²) in [6.45, 7) is 11.9. The smallest absolute Gasteiger partial charge is 0.0622 e. The molecule has 2 unspecified atom stereocenters. The lowest BCUT2D eigenvalue weighted by Gasteiger charge is -2.31. The lowest BCUT2D eigenvalue weighted by atomic mass is 10.1. The Morgan fingerprint density at radius 2 is 2.12 bits per heavy atom. The normalized spacial score (nSPS) is 24.0. The first-order chi connectivity index (χ1) is 7.40. The SMILES string of the molecule is CC(CCNC(C)(C)C)N(C)C1CCOC1. The molecule has 1 aliphatic rings. The minimum Gasteiger partial charge on any atom is -0.380 e. The average molecular weight is 228 g/mol. The van der Waals surface area contributed by atoms with Crippen LogP contribution in [0.25, 0.3) is 0 Å². The van der Waals surface area contributed by atoms with E-state index in [0.29, 0.717) is 12.1 Å². The van der Waals surface area contributed by atoms with E-state index in [1.807, 2.05) is 0 Å². The van der Waals surface area contributed by atoms with Crippen molar-refractivity contribution in [2.75, 3.05) is 26.8 Å². The van der Waals surface area contributed by atoms with E-state index < -0.39 is 0 Å². The number of nitrogens with one attached hydrogen (secondary N) is 1. The Kier molecular flexibility index (Phi) is 5.22. The van der Waals surface area contributed by atoms with E-state index in [4.69, 9.17) is 4.74 Å². The number of ether oxygens (including phenoxy) is 1. The minimum absolute atomic E-state index is 0.231. The summed E-state index contributed by atoms with van der Waals surface area (Å²) in [4.78, 5) is 2.47. The molecule has 0 bridgehead atoms. The van der Waals surface area contributed by atoms with Crippen LogP contribution in [-0.2, 0) is 4.74 Å². The van der Waals surface area contributed by atoms with Crippen molar-refractivity contribution in [3.63, 3.8) is 0 Å². The summed E-state index contributed by atoms with van der Waals surface area (Å²) in [5.74, 6) is 0. The fourth-order valence-electron chi connectivity index (χ4n) is 2.06. The average Bonchev–Trinajstić information content (AvgIpc) is 2.67. The molecule has 0 aliphatic carbocycles. The highest BCUT2D eigenvalue weighted by Gasteiger charge is 2.23. The zero-order valence-corrected chi connectivity index (χ0v) is 11.5. The van der Waals surface area contributed by atoms with Crippen molar-refractivity contribution < 1.29 is 4.74 Å². The van der Waals surface area contributed by atoms with E-state index in [0.717, 1.165) is 19.8 Å². The Morgan fingerprint density at radius 3 is 2.62 bits per heavy atom. The number of hydrogen-bond acceptors (Lipinski definition) is 3. The van der Waals surface area contributed by atoms with Crippen molar-refractivity contribution in [2.24, 2.45) is 0 Å². The summed E-state index contributed by atoms with van der Waals surface area (Å²) < 4.78 is 5.43. The van der Waals surface area contributed by atoms with E-state index in [9.17, 15) is 0 Å². The van der Waals surface area contributed by atoms with Crippen LogP contribution in [-0.4, -0.2) is 49.3 Å². The molecular weight excluding hydrogens is 200 g/mol. The third-order valence-electron chi connectivity index (χ3n) is 3.39. The highest BCUT2D eigenvalue weighted by Crippen LogP contribution is 2.14. The minimum atomic E-state index is 0.231. The van der Waals surface area contributed by atoms with Crippen molar-refractivity contribution in [3.05, 3.63) is 0 Å². The Labute approximate surface area is 101 Å². The molecule has 0 aromatic carbocycles. The van der Waals surface area contributed by atoms with Gasteiger partial charge in [-0.25, -0.2) is 0 Å². The molecule has 1 heterocycles. The quantitative estimate of drug-likeness (QED) is 0.777. The lowest BCUT2D eigenvalue weighted by Crippen LogP contribution is -2.43. The number of hydrogen-bond donors (Lipinski definition) is 1. The second-order valence-corrected chi connectivity index (χ2v) is 6.00. The Morgan fingerprint density at radius 1 is 1.44 bits per heavy atom. The summed E-state index contributed by atoms with van der Waals surface area (Å²) in [6, 6.07) is 1.26. The van der Waals surface area contributed by atoms with Crippen molar-refractivity contribution in [2.45, 2.75) is 58.2 Å². The first kappa shape index (κ1) is 13.9. The van der Waals surface area contributed by atoms with Gasteiger partial charge in [-0.3, -0.25) is 4.90 Å². The van der Waals surface area contributed by atoms with Gasteiger partial charge in [0.15, 0.2) is 0 Å². The summed E-state index contributed by atoms with van der Waals surface area (Å²) in [7, 11) is 2.22. The molecule has 2 atom stereocenters. The van der Waals surface area contributed by atoms with Gasteiger partial charge in [-0.2, -0.15) is 0 Å². The summed E-state index contributed by atoms with van der Waals surface area (Å²) in [6.07, 6.45) is 2.39. The topological polar surface area (TPSA) is 24.5 Å². The maximum absolute atomic E-state index is 5.43. The van der Waals surface area contributed by atoms with E-state index in [-0.39, 0.29) is 5.54 Å². The summed E-state index contributed by atoms with van der Waals surface area (Å²) in [5, 5.41) is 3.54. The van der Waals surface area contributed by atoms with Crippen molar-refractivity contribution in [1.29, 1.82) is 0 Å². The maximum Gasteiger partial charge on any atom is 0.0622 e. The fraction of sp³-hybridized carbons (Fsp3) is 1.00. The predicted molar refractivity (Wildman–Crippen MR) is 68.8 cm³/mol. The van der Waals surface area contributed by atoms with Crippen molar-refractivity contribution in [3.8, 4) is 0 Å². The standard InChI is InChI=1S/C13H28N2O/c1-11(6-8-14-13(2,3)4)15(5)12-7-9-16-10-12/h11-12,14H,6-10H2,1-5H3. The van der Waals surface area contributed by atoms with Crippen LogP contribution in [0.5, 0.6) is 0 Å². The van der Waals surface area contributed by atoms with Crippen LogP contribution in [0, 0.1) is 0 Å². The van der Waals surface area contributed by atoms with Gasteiger partial charge in [0, 0.05) is 24.2 Å². The molecule has 0 amide bonds. The number of rotatable bonds is 5. The van der Waals surface area contributed by atoms with Crippen LogP contribution < -0.4 is 5.32 Å². The Balaban J connectivity index is 2.20. The maximum atomic E-state index is 5.43. The van der Waals surface area contributed by atoms with Crippen LogP contribution in [0.1, 0.15) is 40.5 Å². The van der Waals surface area contributed by atoms with E-state index in [1.54, 1.807) is 0 Å². The third kappa shape index (κ3) is 4.81. The Hall–Kier alpha value is -0.120. The van der Waals surface area contributed by atoms with Gasteiger partial charge in [-0.1, -0.05) is 0 Å². The van der Waals surface area contributed by atoms with Crippen molar-refractivity contribution >= 4 is 0 Å². The number of nitrogens with zero attached hydrogens (tertiary/aromatic N) is 1. The molecule has 3 heteroatoms. The summed E-state index contributed by atoms with van der Waals surface area (Å²) in [5.41, 5.74) is 0.231. The molecule has 16 heavy (non-hydrogen) atoms. The van der Waals surface area contributed by atoms with E-state index >= 15 is 0 Å². The molecule has 0 saturated carbocycles. The second kappa shape index (κ2) is 5.99. The molecule has 0 aromatic heterocycles. The largest absolute Gasteiger partial charge is 0.380 e. The van der Waals surface area contributed by atoms with Gasteiger partial charge in [-0.05, 0) is 54.1 Å². The molecule has 96 valence electrons. The Bertz CT molecular complexity index is 195. The predicted octanol–water partition coefficient (Wildman–Crippen LogP) is 1.87. The molecule has 1 fully saturated rings. The van der Waals surface area contributed by atoms with Crippen LogP contribution in [0.3, 0.4) is 0 Å². The van der Waals surface area contributed by atoms with Gasteiger partial charge in [-0.15, -0.1) is 0 Å². The third-order valence-corrected chi connectivity index (χ3v) is 3.39. The van der Waals surface area contributed by atoms with E-state index in [2.05, 4.69) is 45.0 Å². The molecule has 0 radical (unpaired) electrons. The van der Waals surface area contributed by atoms with E-state index in [1.165, 1.54) is 12.8 Å². The first-order valence-electron chi connectivity index (χ1n) is 6.45. The zero-order valence-electron chi connectivity index (χ0n) is 11.5. The van der Waals surface area contributed by atoms with Gasteiger partial charge in [0.25, 0.3) is 0 Å². The lowest BCUT2D eigenvalue weighted by molar-refractivity contribution is 0.133. The molecule has 1 N–H and O–H groups in total. The van der Waals surface area contributed by atoms with Gasteiger partial charge in [0.1, 0.15) is 0 Å². The molecule has 0 spiro atoms. The van der Waals surface area contributed by atoms with Crippen LogP contribution in [0.2, 0.25) is 0 Å². The first-order valence-corrected chi connectivity index (χ1v) is 6.45. The van der Waals surface area contributed by atoms with Gasteiger partial charge >= 0.3 is 0 Å². The van der Waals surface area contributed by atoms with Crippen LogP contribution in [0.15, 0.2) is 0 Å². The molecule has 1 aliphatic heterocycles. The van der Waals surface area contributed by atoms with Gasteiger partial charge in [0.05, 0.1) is 6.61 Å². The molecule has 1 saturated heterocycles. The van der Waals surface area contributed by atoms with Crippen molar-refractivity contribution in [1.82, 2.24) is 10.2 Å². The van der Waals surface area contributed by atoms with Crippen LogP contribution >= 0.6 is 0 Å². The van der Waals surface area contributed by atoms with Crippen LogP contribution in [0.4, 0.5) is 0 Å². The molecule has 3 nitrogen and oxygen atoms in total. The highest BCUT2D eigenvalue weighted by molar-refractivity contribution is 4.78. The molecule has 1 rings (SSSR count). The second-order valence-electron chi connectivity index (χ2n) is 6.00. The van der Waals surface area contributed by atoms with Gasteiger partial charge < -0.3 is 10.1 Å². The fourth-order valence-corrected chi connectivity index (χ4v) is 2.06. The molecule has 0 aromatic rings. The zero-order chi connectivity index (χ0) is 12.2. The number of likely N-dealkylation sites (N-methyl/N-ethyl adjacent to an activating group) is 1. The van der Waals surface area contributed by atoms with Gasteiger partial charge in [0.2, 0.25) is 0 Å². The monoisotopic (exact) mass is 228 g/mol.